The standard InChI is InChI=1S/C13H13N3O3/c1-10(8-14)9-15-13(17)7-6-11-4-2-3-5-12(11)16(18)19/h2-7,10H,9H2,1H3,(H,15,17)/b7-6+. The number of para-hydroxylation sites is 1. The summed E-state index contributed by atoms with van der Waals surface area (Å²) in [4.78, 5) is 21.7. The van der Waals surface area contributed by atoms with Crippen molar-refractivity contribution in [1.29, 1.82) is 5.26 Å². The molecule has 1 unspecified atom stereocenters. The summed E-state index contributed by atoms with van der Waals surface area (Å²) in [6.07, 6.45) is 2.59. The van der Waals surface area contributed by atoms with Crippen LogP contribution in [-0.2, 0) is 4.79 Å². The smallest absolute Gasteiger partial charge is 0.276 e. The highest BCUT2D eigenvalue weighted by molar-refractivity contribution is 5.92. The van der Waals surface area contributed by atoms with Crippen LogP contribution in [0, 0.1) is 27.4 Å². The lowest BCUT2D eigenvalue weighted by Crippen LogP contribution is -2.25. The molecule has 1 atom stereocenters. The average molecular weight is 259 g/mol. The number of nitro benzene ring substituents is 1. The van der Waals surface area contributed by atoms with E-state index in [1.807, 2.05) is 6.07 Å². The summed E-state index contributed by atoms with van der Waals surface area (Å²) in [6.45, 7) is 1.93. The fraction of sp³-hybridized carbons (Fsp3) is 0.231. The number of nitriles is 1. The molecule has 19 heavy (non-hydrogen) atoms. The van der Waals surface area contributed by atoms with Gasteiger partial charge in [-0.2, -0.15) is 5.26 Å². The largest absolute Gasteiger partial charge is 0.351 e. The molecule has 0 spiro atoms. The number of rotatable bonds is 5. The second-order valence-corrected chi connectivity index (χ2v) is 3.92. The minimum atomic E-state index is -0.505. The van der Waals surface area contributed by atoms with Crippen LogP contribution in [0.25, 0.3) is 6.08 Å². The van der Waals surface area contributed by atoms with E-state index in [0.717, 1.165) is 0 Å². The van der Waals surface area contributed by atoms with E-state index in [9.17, 15) is 14.9 Å². The van der Waals surface area contributed by atoms with Gasteiger partial charge in [0.2, 0.25) is 5.91 Å². The quantitative estimate of drug-likeness (QED) is 0.496. The third-order valence-electron chi connectivity index (χ3n) is 2.35. The maximum Gasteiger partial charge on any atom is 0.276 e. The summed E-state index contributed by atoms with van der Waals surface area (Å²) in [5.41, 5.74) is 0.299. The lowest BCUT2D eigenvalue weighted by molar-refractivity contribution is -0.385. The maximum atomic E-state index is 11.4. The van der Waals surface area contributed by atoms with E-state index in [4.69, 9.17) is 5.26 Å². The third-order valence-corrected chi connectivity index (χ3v) is 2.35. The van der Waals surface area contributed by atoms with E-state index in [0.29, 0.717) is 5.56 Å². The Hall–Kier alpha value is -2.68. The topological polar surface area (TPSA) is 96.0 Å². The zero-order valence-corrected chi connectivity index (χ0v) is 10.4. The molecule has 6 heteroatoms. The summed E-state index contributed by atoms with van der Waals surface area (Å²) in [6, 6.07) is 8.13. The fourth-order valence-corrected chi connectivity index (χ4v) is 1.32. The molecule has 0 aliphatic rings. The average Bonchev–Trinajstić information content (AvgIpc) is 2.42. The Morgan fingerprint density at radius 3 is 2.89 bits per heavy atom. The number of nitrogens with one attached hydrogen (secondary N) is 1. The van der Waals surface area contributed by atoms with Crippen molar-refractivity contribution in [3.8, 4) is 6.07 Å². The lowest BCUT2D eigenvalue weighted by atomic mass is 10.1. The minimum absolute atomic E-state index is 0.0584. The molecule has 0 heterocycles. The van der Waals surface area contributed by atoms with Gasteiger partial charge in [-0.3, -0.25) is 14.9 Å². The van der Waals surface area contributed by atoms with Crippen molar-refractivity contribution in [2.45, 2.75) is 6.92 Å². The molecule has 0 saturated carbocycles. The van der Waals surface area contributed by atoms with Crippen molar-refractivity contribution in [3.05, 3.63) is 46.0 Å². The summed E-state index contributed by atoms with van der Waals surface area (Å²) in [7, 11) is 0. The van der Waals surface area contributed by atoms with Gasteiger partial charge in [-0.05, 0) is 19.1 Å². The van der Waals surface area contributed by atoms with Gasteiger partial charge in [0.15, 0.2) is 0 Å². The van der Waals surface area contributed by atoms with Gasteiger partial charge in [0.25, 0.3) is 5.69 Å². The molecule has 1 amide bonds. The molecule has 98 valence electrons. The highest BCUT2D eigenvalue weighted by Gasteiger charge is 2.09. The Morgan fingerprint density at radius 1 is 1.58 bits per heavy atom. The van der Waals surface area contributed by atoms with Gasteiger partial charge in [0.05, 0.1) is 22.5 Å². The number of carbonyl (C=O) groups is 1. The van der Waals surface area contributed by atoms with Crippen LogP contribution in [-0.4, -0.2) is 17.4 Å². The van der Waals surface area contributed by atoms with Gasteiger partial charge in [-0.25, -0.2) is 0 Å². The van der Waals surface area contributed by atoms with Gasteiger partial charge in [0, 0.05) is 18.7 Å². The molecule has 1 rings (SSSR count). The van der Waals surface area contributed by atoms with Crippen LogP contribution in [0.1, 0.15) is 12.5 Å². The van der Waals surface area contributed by atoms with E-state index in [1.165, 1.54) is 18.2 Å². The van der Waals surface area contributed by atoms with Crippen LogP contribution in [0.15, 0.2) is 30.3 Å². The summed E-state index contributed by atoms with van der Waals surface area (Å²) >= 11 is 0. The van der Waals surface area contributed by atoms with Gasteiger partial charge >= 0.3 is 0 Å². The van der Waals surface area contributed by atoms with E-state index < -0.39 is 4.92 Å². The molecule has 1 aromatic rings. The molecule has 0 saturated heterocycles. The second-order valence-electron chi connectivity index (χ2n) is 3.92. The van der Waals surface area contributed by atoms with Crippen molar-refractivity contribution >= 4 is 17.7 Å². The monoisotopic (exact) mass is 259 g/mol. The molecule has 1 aromatic carbocycles. The highest BCUT2D eigenvalue weighted by atomic mass is 16.6. The zero-order valence-electron chi connectivity index (χ0n) is 10.4. The number of nitrogens with zero attached hydrogens (tertiary/aromatic N) is 2. The number of nitro groups is 1. The molecule has 0 fully saturated rings. The number of hydrogen-bond donors (Lipinski definition) is 1. The predicted octanol–water partition coefficient (Wildman–Crippen LogP) is 1.88. The molecular weight excluding hydrogens is 246 g/mol. The van der Waals surface area contributed by atoms with E-state index >= 15 is 0 Å². The van der Waals surface area contributed by atoms with Crippen molar-refractivity contribution in [1.82, 2.24) is 5.32 Å². The first-order valence-electron chi connectivity index (χ1n) is 5.63. The van der Waals surface area contributed by atoms with Crippen LogP contribution in [0.2, 0.25) is 0 Å². The number of benzene rings is 1. The summed E-state index contributed by atoms with van der Waals surface area (Å²) in [5, 5.41) is 21.8. The van der Waals surface area contributed by atoms with Crippen LogP contribution in [0.4, 0.5) is 5.69 Å². The van der Waals surface area contributed by atoms with Crippen molar-refractivity contribution in [2.24, 2.45) is 5.92 Å². The van der Waals surface area contributed by atoms with Crippen LogP contribution in [0.3, 0.4) is 0 Å². The Morgan fingerprint density at radius 2 is 2.26 bits per heavy atom. The summed E-state index contributed by atoms with van der Waals surface area (Å²) < 4.78 is 0. The Bertz CT molecular complexity index is 546. The number of hydrogen-bond acceptors (Lipinski definition) is 4. The highest BCUT2D eigenvalue weighted by Crippen LogP contribution is 2.18. The second kappa shape index (κ2) is 6.91. The normalized spacial score (nSPS) is 11.8. The van der Waals surface area contributed by atoms with Crippen LogP contribution >= 0.6 is 0 Å². The van der Waals surface area contributed by atoms with E-state index in [2.05, 4.69) is 5.32 Å². The minimum Gasteiger partial charge on any atom is -0.351 e. The molecular formula is C13H13N3O3. The van der Waals surface area contributed by atoms with Gasteiger partial charge in [-0.15, -0.1) is 0 Å². The molecule has 0 radical (unpaired) electrons. The Labute approximate surface area is 110 Å². The zero-order chi connectivity index (χ0) is 14.3. The van der Waals surface area contributed by atoms with Crippen LogP contribution in [0.5, 0.6) is 0 Å². The molecule has 0 bridgehead atoms. The lowest BCUT2D eigenvalue weighted by Gasteiger charge is -2.02. The molecule has 0 aliphatic heterocycles. The first kappa shape index (κ1) is 14.4. The SMILES string of the molecule is CC(C#N)CNC(=O)/C=C/c1ccccc1[N+](=O)[O-]. The van der Waals surface area contributed by atoms with E-state index in [-0.39, 0.29) is 24.1 Å². The molecule has 0 aromatic heterocycles. The van der Waals surface area contributed by atoms with Crippen molar-refractivity contribution < 1.29 is 9.72 Å². The molecule has 0 aliphatic carbocycles. The van der Waals surface area contributed by atoms with E-state index in [1.54, 1.807) is 25.1 Å². The summed E-state index contributed by atoms with van der Waals surface area (Å²) in [5.74, 6) is -0.663. The number of carbonyl (C=O) groups excluding carboxylic acids is 1. The third kappa shape index (κ3) is 4.60. The first-order chi connectivity index (χ1) is 9.04. The Balaban J connectivity index is 2.69. The maximum absolute atomic E-state index is 11.4. The van der Waals surface area contributed by atoms with Crippen molar-refractivity contribution in [3.63, 3.8) is 0 Å². The molecule has 1 N–H and O–H groups in total. The van der Waals surface area contributed by atoms with Gasteiger partial charge < -0.3 is 5.32 Å². The Kier molecular flexibility index (Phi) is 5.23. The predicted molar refractivity (Wildman–Crippen MR) is 69.9 cm³/mol. The van der Waals surface area contributed by atoms with Crippen molar-refractivity contribution in [2.75, 3.05) is 6.54 Å². The van der Waals surface area contributed by atoms with Crippen LogP contribution < -0.4 is 5.32 Å². The number of amides is 1. The molecule has 6 nitrogen and oxygen atoms in total. The first-order valence-corrected chi connectivity index (χ1v) is 5.63. The fourth-order valence-electron chi connectivity index (χ4n) is 1.32. The van der Waals surface area contributed by atoms with Gasteiger partial charge in [0.1, 0.15) is 0 Å². The van der Waals surface area contributed by atoms with Gasteiger partial charge in [-0.1, -0.05) is 12.1 Å².